The molecule has 0 bridgehead atoms. The highest BCUT2D eigenvalue weighted by molar-refractivity contribution is 5.74. The van der Waals surface area contributed by atoms with Crippen LogP contribution in [0.4, 0.5) is 4.79 Å². The van der Waals surface area contributed by atoms with Gasteiger partial charge < -0.3 is 15.7 Å². The van der Waals surface area contributed by atoms with Crippen LogP contribution in [0.2, 0.25) is 0 Å². The van der Waals surface area contributed by atoms with E-state index in [2.05, 4.69) is 41.8 Å². The van der Waals surface area contributed by atoms with Crippen molar-refractivity contribution in [3.05, 3.63) is 35.4 Å². The van der Waals surface area contributed by atoms with Crippen LogP contribution in [0, 0.1) is 0 Å². The highest BCUT2D eigenvalue weighted by atomic mass is 16.3. The Morgan fingerprint density at radius 2 is 1.85 bits per heavy atom. The van der Waals surface area contributed by atoms with Crippen LogP contribution in [0.1, 0.15) is 50.8 Å². The Bertz CT molecular complexity index is 403. The summed E-state index contributed by atoms with van der Waals surface area (Å²) in [4.78, 5) is 11.8. The average molecular weight is 278 g/mol. The maximum Gasteiger partial charge on any atom is 0.315 e. The van der Waals surface area contributed by atoms with Gasteiger partial charge in [0.25, 0.3) is 0 Å². The van der Waals surface area contributed by atoms with Crippen molar-refractivity contribution in [3.63, 3.8) is 0 Å². The van der Waals surface area contributed by atoms with Gasteiger partial charge in [0, 0.05) is 12.6 Å². The molecule has 0 aliphatic heterocycles. The van der Waals surface area contributed by atoms with Crippen molar-refractivity contribution >= 4 is 6.03 Å². The summed E-state index contributed by atoms with van der Waals surface area (Å²) in [5, 5.41) is 14.6. The van der Waals surface area contributed by atoms with Crippen LogP contribution in [0.5, 0.6) is 0 Å². The Morgan fingerprint density at radius 1 is 1.20 bits per heavy atom. The van der Waals surface area contributed by atoms with E-state index < -0.39 is 0 Å². The maximum atomic E-state index is 11.8. The lowest BCUT2D eigenvalue weighted by Crippen LogP contribution is -2.41. The van der Waals surface area contributed by atoms with E-state index in [9.17, 15) is 4.79 Å². The number of benzene rings is 1. The number of nitrogens with one attached hydrogen (secondary N) is 2. The normalized spacial score (nSPS) is 13.6. The van der Waals surface area contributed by atoms with Gasteiger partial charge in [0.1, 0.15) is 0 Å². The lowest BCUT2D eigenvalue weighted by atomic mass is 10.1. The van der Waals surface area contributed by atoms with Gasteiger partial charge in [-0.05, 0) is 44.2 Å². The first-order valence-electron chi connectivity index (χ1n) is 7.33. The first-order chi connectivity index (χ1) is 9.56. The molecule has 0 aliphatic carbocycles. The van der Waals surface area contributed by atoms with Crippen LogP contribution in [0.15, 0.2) is 24.3 Å². The minimum atomic E-state index is -0.164. The van der Waals surface area contributed by atoms with Gasteiger partial charge in [-0.15, -0.1) is 0 Å². The molecule has 2 atom stereocenters. The Labute approximate surface area is 121 Å². The molecule has 0 saturated heterocycles. The van der Waals surface area contributed by atoms with Gasteiger partial charge >= 0.3 is 6.03 Å². The molecule has 2 unspecified atom stereocenters. The monoisotopic (exact) mass is 278 g/mol. The van der Waals surface area contributed by atoms with Gasteiger partial charge in [0.05, 0.1) is 6.04 Å². The minimum absolute atomic E-state index is 0.0223. The summed E-state index contributed by atoms with van der Waals surface area (Å²) >= 11 is 0. The molecule has 3 N–H and O–H groups in total. The number of hydrogen-bond donors (Lipinski definition) is 3. The van der Waals surface area contributed by atoms with Crippen LogP contribution in [0.25, 0.3) is 0 Å². The molecule has 0 spiro atoms. The van der Waals surface area contributed by atoms with Crippen molar-refractivity contribution in [2.45, 2.75) is 52.1 Å². The molecule has 0 aromatic heterocycles. The van der Waals surface area contributed by atoms with Crippen LogP contribution < -0.4 is 10.6 Å². The second-order valence-corrected chi connectivity index (χ2v) is 5.20. The van der Waals surface area contributed by atoms with E-state index in [0.717, 1.165) is 18.4 Å². The summed E-state index contributed by atoms with van der Waals surface area (Å²) in [5.74, 6) is 0. The lowest BCUT2D eigenvalue weighted by molar-refractivity contribution is 0.231. The van der Waals surface area contributed by atoms with Crippen molar-refractivity contribution in [1.29, 1.82) is 0 Å². The second kappa shape index (κ2) is 8.59. The lowest BCUT2D eigenvalue weighted by Gasteiger charge is -2.18. The highest BCUT2D eigenvalue weighted by Crippen LogP contribution is 2.13. The summed E-state index contributed by atoms with van der Waals surface area (Å²) < 4.78 is 0. The Kier molecular flexibility index (Phi) is 7.09. The molecule has 112 valence electrons. The van der Waals surface area contributed by atoms with E-state index in [1.54, 1.807) is 0 Å². The second-order valence-electron chi connectivity index (χ2n) is 5.20. The molecule has 0 fully saturated rings. The largest absolute Gasteiger partial charge is 0.396 e. The van der Waals surface area contributed by atoms with E-state index in [1.165, 1.54) is 5.56 Å². The van der Waals surface area contributed by atoms with Gasteiger partial charge in [0.2, 0.25) is 0 Å². The van der Waals surface area contributed by atoms with Crippen LogP contribution in [-0.4, -0.2) is 23.8 Å². The summed E-state index contributed by atoms with van der Waals surface area (Å²) in [6, 6.07) is 8.17. The minimum Gasteiger partial charge on any atom is -0.396 e. The van der Waals surface area contributed by atoms with E-state index in [-0.39, 0.29) is 24.7 Å². The number of carbonyl (C=O) groups is 1. The maximum absolute atomic E-state index is 11.8. The molecule has 20 heavy (non-hydrogen) atoms. The van der Waals surface area contributed by atoms with Gasteiger partial charge in [-0.2, -0.15) is 0 Å². The Morgan fingerprint density at radius 3 is 2.40 bits per heavy atom. The number of rotatable bonds is 7. The third-order valence-electron chi connectivity index (χ3n) is 3.41. The molecule has 0 saturated carbocycles. The fourth-order valence-corrected chi connectivity index (χ4v) is 2.06. The zero-order valence-corrected chi connectivity index (χ0v) is 12.6. The van der Waals surface area contributed by atoms with Gasteiger partial charge in [-0.3, -0.25) is 0 Å². The topological polar surface area (TPSA) is 61.4 Å². The van der Waals surface area contributed by atoms with Crippen molar-refractivity contribution in [2.24, 2.45) is 0 Å². The molecule has 4 heteroatoms. The number of aryl methyl sites for hydroxylation is 1. The van der Waals surface area contributed by atoms with E-state index in [1.807, 2.05) is 13.8 Å². The molecule has 0 aliphatic rings. The predicted octanol–water partition coefficient (Wildman–Crippen LogP) is 2.77. The number of urea groups is 1. The quantitative estimate of drug-likeness (QED) is 0.718. The van der Waals surface area contributed by atoms with E-state index in [0.29, 0.717) is 6.42 Å². The van der Waals surface area contributed by atoms with Gasteiger partial charge in [-0.25, -0.2) is 4.79 Å². The number of hydrogen-bond acceptors (Lipinski definition) is 2. The van der Waals surface area contributed by atoms with Crippen molar-refractivity contribution < 1.29 is 9.90 Å². The molecule has 1 rings (SSSR count). The average Bonchev–Trinajstić information content (AvgIpc) is 2.45. The fourth-order valence-electron chi connectivity index (χ4n) is 2.06. The van der Waals surface area contributed by atoms with Crippen LogP contribution >= 0.6 is 0 Å². The summed E-state index contributed by atoms with van der Waals surface area (Å²) in [7, 11) is 0. The van der Waals surface area contributed by atoms with Crippen molar-refractivity contribution in [3.8, 4) is 0 Å². The summed E-state index contributed by atoms with van der Waals surface area (Å²) in [6.07, 6.45) is 2.50. The van der Waals surface area contributed by atoms with Crippen LogP contribution in [0.3, 0.4) is 0 Å². The van der Waals surface area contributed by atoms with Crippen LogP contribution in [-0.2, 0) is 6.42 Å². The summed E-state index contributed by atoms with van der Waals surface area (Å²) in [6.45, 7) is 6.20. The number of aliphatic hydroxyl groups excluding tert-OH is 1. The zero-order valence-electron chi connectivity index (χ0n) is 12.6. The molecule has 1 aromatic carbocycles. The van der Waals surface area contributed by atoms with Gasteiger partial charge in [-0.1, -0.05) is 31.2 Å². The number of amides is 2. The zero-order chi connectivity index (χ0) is 15.0. The fraction of sp³-hybridized carbons (Fsp3) is 0.562. The first-order valence-corrected chi connectivity index (χ1v) is 7.33. The molecule has 4 nitrogen and oxygen atoms in total. The van der Waals surface area contributed by atoms with E-state index >= 15 is 0 Å². The highest BCUT2D eigenvalue weighted by Gasteiger charge is 2.11. The molecule has 2 amide bonds. The first kappa shape index (κ1) is 16.5. The van der Waals surface area contributed by atoms with Gasteiger partial charge in [0.15, 0.2) is 0 Å². The third kappa shape index (κ3) is 5.61. The number of carbonyl (C=O) groups excluding carboxylic acids is 1. The molecular formula is C16H26N2O2. The smallest absolute Gasteiger partial charge is 0.315 e. The summed E-state index contributed by atoms with van der Waals surface area (Å²) in [5.41, 5.74) is 2.39. The van der Waals surface area contributed by atoms with Crippen molar-refractivity contribution in [1.82, 2.24) is 10.6 Å². The van der Waals surface area contributed by atoms with Crippen molar-refractivity contribution in [2.75, 3.05) is 6.61 Å². The standard InChI is InChI=1S/C16H26N2O2/c1-4-14-7-9-15(10-8-14)13(3)18-16(20)17-12(2)6-5-11-19/h7-10,12-13,19H,4-6,11H2,1-3H3,(H2,17,18,20). The predicted molar refractivity (Wildman–Crippen MR) is 81.7 cm³/mol. The number of aliphatic hydroxyl groups is 1. The Balaban J connectivity index is 2.43. The molecule has 0 heterocycles. The Hall–Kier alpha value is -1.55. The van der Waals surface area contributed by atoms with E-state index in [4.69, 9.17) is 5.11 Å². The molecule has 1 aromatic rings. The molecular weight excluding hydrogens is 252 g/mol. The SMILES string of the molecule is CCc1ccc(C(C)NC(=O)NC(C)CCCO)cc1. The molecule has 0 radical (unpaired) electrons. The third-order valence-corrected chi connectivity index (χ3v) is 3.41.